The van der Waals surface area contributed by atoms with Gasteiger partial charge in [0.25, 0.3) is 0 Å². The van der Waals surface area contributed by atoms with Gasteiger partial charge in [-0.15, -0.1) is 0 Å². The molecule has 0 rings (SSSR count). The Kier molecular flexibility index (Phi) is 39.0. The highest BCUT2D eigenvalue weighted by Gasteiger charge is 2.19. The van der Waals surface area contributed by atoms with Crippen molar-refractivity contribution in [3.05, 3.63) is 146 Å². The predicted molar refractivity (Wildman–Crippen MR) is 227 cm³/mol. The van der Waals surface area contributed by atoms with E-state index in [-0.39, 0.29) is 11.8 Å². The van der Waals surface area contributed by atoms with Crippen molar-refractivity contribution in [2.45, 2.75) is 137 Å². The molecule has 0 aromatic carbocycles. The van der Waals surface area contributed by atoms with Crippen LogP contribution >= 0.6 is 0 Å². The zero-order chi connectivity index (χ0) is 37.9. The zero-order valence-corrected chi connectivity index (χ0v) is 32.9. The Bertz CT molecular complexity index is 1180. The van der Waals surface area contributed by atoms with Crippen molar-refractivity contribution >= 4 is 11.8 Å². The molecule has 0 saturated carbocycles. The Balaban J connectivity index is 0. The molecule has 0 aromatic rings. The molecule has 0 fully saturated rings. The number of carbonyl (C=O) groups is 2. The van der Waals surface area contributed by atoms with E-state index in [1.54, 1.807) is 0 Å². The normalized spacial score (nSPS) is 13.4. The molecule has 1 N–H and O–H groups in total. The molecular weight excluding hydrogens is 625 g/mol. The molecule has 0 radical (unpaired) electrons. The first-order valence-electron chi connectivity index (χ1n) is 19.3. The first kappa shape index (κ1) is 49.1. The van der Waals surface area contributed by atoms with Crippen molar-refractivity contribution in [2.24, 2.45) is 5.41 Å². The maximum Gasteiger partial charge on any atom is 0.303 e. The zero-order valence-electron chi connectivity index (χ0n) is 32.9. The van der Waals surface area contributed by atoms with Crippen LogP contribution in [-0.4, -0.2) is 16.9 Å². The number of carbonyl (C=O) groups excluding carboxylic acids is 1. The number of ketones is 1. The number of allylic oxidation sites excluding steroid dienone is 24. The monoisotopic (exact) mass is 697 g/mol. The lowest BCUT2D eigenvalue weighted by atomic mass is 9.88. The average Bonchev–Trinajstić information content (AvgIpc) is 3.10. The van der Waals surface area contributed by atoms with Crippen molar-refractivity contribution < 1.29 is 14.7 Å². The van der Waals surface area contributed by atoms with Crippen molar-refractivity contribution in [3.8, 4) is 0 Å². The van der Waals surface area contributed by atoms with E-state index in [0.717, 1.165) is 83.5 Å². The molecule has 3 nitrogen and oxygen atoms in total. The molecule has 0 aliphatic carbocycles. The summed E-state index contributed by atoms with van der Waals surface area (Å²) in [6, 6.07) is 0. The molecular formula is C48H72O3. The minimum Gasteiger partial charge on any atom is -0.481 e. The maximum absolute atomic E-state index is 11.8. The van der Waals surface area contributed by atoms with Gasteiger partial charge in [0.1, 0.15) is 5.78 Å². The smallest absolute Gasteiger partial charge is 0.303 e. The number of hydrogen-bond acceptors (Lipinski definition) is 2. The highest BCUT2D eigenvalue weighted by atomic mass is 16.4. The van der Waals surface area contributed by atoms with Gasteiger partial charge in [0.2, 0.25) is 0 Å². The first-order chi connectivity index (χ1) is 24.8. The summed E-state index contributed by atoms with van der Waals surface area (Å²) in [5.74, 6) is -0.406. The molecule has 0 atom stereocenters. The van der Waals surface area contributed by atoms with Gasteiger partial charge < -0.3 is 5.11 Å². The highest BCUT2D eigenvalue weighted by Crippen LogP contribution is 2.17. The fraction of sp³-hybridized carbons (Fsp3) is 0.458. The molecule has 51 heavy (non-hydrogen) atoms. The maximum atomic E-state index is 11.8. The SMILES string of the molecule is CC/C=C\C/C=C\C/C=C\C/C=C\C/C=C\C/C=C\CCC(=O)C(C)(C)C.CC/C=C\C/C=C\C/C=C\C/C=C\C/C=C\C/C=C\CCC(=O)O. The Morgan fingerprint density at radius 1 is 0.373 bits per heavy atom. The topological polar surface area (TPSA) is 54.4 Å². The number of carboxylic acid groups (broad SMARTS) is 1. The van der Waals surface area contributed by atoms with Gasteiger partial charge >= 0.3 is 5.97 Å². The van der Waals surface area contributed by atoms with Crippen LogP contribution in [0, 0.1) is 5.41 Å². The summed E-state index contributed by atoms with van der Waals surface area (Å²) < 4.78 is 0. The van der Waals surface area contributed by atoms with Crippen LogP contribution in [0.25, 0.3) is 0 Å². The Morgan fingerprint density at radius 3 is 0.804 bits per heavy atom. The lowest BCUT2D eigenvalue weighted by molar-refractivity contribution is -0.136. The van der Waals surface area contributed by atoms with E-state index in [0.29, 0.717) is 18.6 Å². The van der Waals surface area contributed by atoms with Gasteiger partial charge in [-0.2, -0.15) is 0 Å². The lowest BCUT2D eigenvalue weighted by Crippen LogP contribution is -2.19. The van der Waals surface area contributed by atoms with E-state index in [2.05, 4.69) is 148 Å². The van der Waals surface area contributed by atoms with Gasteiger partial charge in [0, 0.05) is 18.3 Å². The number of rotatable bonds is 28. The second-order valence-electron chi connectivity index (χ2n) is 13.0. The van der Waals surface area contributed by atoms with E-state index in [1.165, 1.54) is 0 Å². The molecule has 0 amide bonds. The van der Waals surface area contributed by atoms with Crippen LogP contribution in [0.1, 0.15) is 137 Å². The summed E-state index contributed by atoms with van der Waals surface area (Å²) >= 11 is 0. The van der Waals surface area contributed by atoms with E-state index in [1.807, 2.05) is 32.9 Å². The third-order valence-corrected chi connectivity index (χ3v) is 7.09. The number of Topliss-reactive ketones (excluding diaryl/α,β-unsaturated/α-hetero) is 1. The fourth-order valence-electron chi connectivity index (χ4n) is 4.08. The molecule has 282 valence electrons. The fourth-order valence-corrected chi connectivity index (χ4v) is 4.08. The Labute approximate surface area is 314 Å². The average molecular weight is 697 g/mol. The molecule has 0 spiro atoms. The summed E-state index contributed by atoms with van der Waals surface area (Å²) in [7, 11) is 0. The van der Waals surface area contributed by atoms with E-state index < -0.39 is 5.97 Å². The summed E-state index contributed by atoms with van der Waals surface area (Å²) in [5, 5.41) is 8.49. The number of aliphatic carboxylic acids is 1. The van der Waals surface area contributed by atoms with Gasteiger partial charge in [-0.05, 0) is 89.9 Å². The summed E-state index contributed by atoms with van der Waals surface area (Å²) in [5.41, 5.74) is -0.211. The third kappa shape index (κ3) is 46.0. The van der Waals surface area contributed by atoms with Gasteiger partial charge in [-0.1, -0.05) is 180 Å². The Morgan fingerprint density at radius 2 is 0.588 bits per heavy atom. The van der Waals surface area contributed by atoms with Gasteiger partial charge in [-0.3, -0.25) is 9.59 Å². The van der Waals surface area contributed by atoms with Crippen molar-refractivity contribution in [1.82, 2.24) is 0 Å². The largest absolute Gasteiger partial charge is 0.481 e. The summed E-state index contributed by atoms with van der Waals surface area (Å²) in [4.78, 5) is 22.1. The second-order valence-corrected chi connectivity index (χ2v) is 13.0. The van der Waals surface area contributed by atoms with Crippen LogP contribution in [-0.2, 0) is 9.59 Å². The second kappa shape index (κ2) is 40.4. The van der Waals surface area contributed by atoms with Gasteiger partial charge in [0.15, 0.2) is 0 Å². The molecule has 0 aromatic heterocycles. The standard InChI is InChI=1S/C26H40O.C22H32O2/c1-5-6-7-8-9-10-11-12-13-14-15-16-17-18-19-20-21-22-23-24-25(27)26(2,3)4;1-2-3-4-5-6-7-8-9-10-11-12-13-14-15-16-17-18-19-20-21-22(23)24/h6-7,9-10,12-13,15-16,18-19,21-22H,5,8,11,14,17,20,23-24H2,1-4H3;3-4,6-7,9-10,12-13,15-16,18-19H,2,5,8,11,14,17,20-21H2,1H3,(H,23,24)/b7-6-,10-9-,13-12-,16-15-,19-18-,22-21-;4-3-,7-6-,10-9-,13-12-,16-15-,19-18-. The molecule has 0 aliphatic heterocycles. The van der Waals surface area contributed by atoms with Crippen LogP contribution < -0.4 is 0 Å². The molecule has 3 heteroatoms. The number of hydrogen-bond donors (Lipinski definition) is 1. The summed E-state index contributed by atoms with van der Waals surface area (Å²) in [6.45, 7) is 10.2. The van der Waals surface area contributed by atoms with Gasteiger partial charge in [0.05, 0.1) is 0 Å². The molecule has 0 bridgehead atoms. The van der Waals surface area contributed by atoms with E-state index in [4.69, 9.17) is 5.11 Å². The van der Waals surface area contributed by atoms with Crippen LogP contribution in [0.3, 0.4) is 0 Å². The first-order valence-corrected chi connectivity index (χ1v) is 19.3. The van der Waals surface area contributed by atoms with Crippen molar-refractivity contribution in [1.29, 1.82) is 0 Å². The third-order valence-electron chi connectivity index (χ3n) is 7.09. The summed E-state index contributed by atoms with van der Waals surface area (Å²) in [6.07, 6.45) is 66.4. The lowest BCUT2D eigenvalue weighted by Gasteiger charge is -2.15. The van der Waals surface area contributed by atoms with Crippen LogP contribution in [0.5, 0.6) is 0 Å². The quantitative estimate of drug-likeness (QED) is 0.0829. The number of carboxylic acids is 1. The minimum atomic E-state index is -0.741. The van der Waals surface area contributed by atoms with Gasteiger partial charge in [-0.25, -0.2) is 0 Å². The molecule has 0 heterocycles. The predicted octanol–water partition coefficient (Wildman–Crippen LogP) is 14.6. The van der Waals surface area contributed by atoms with Crippen molar-refractivity contribution in [3.63, 3.8) is 0 Å². The highest BCUT2D eigenvalue weighted by molar-refractivity contribution is 5.83. The molecule has 0 unspecified atom stereocenters. The molecule has 0 aliphatic rings. The van der Waals surface area contributed by atoms with E-state index >= 15 is 0 Å². The van der Waals surface area contributed by atoms with Crippen LogP contribution in [0.2, 0.25) is 0 Å². The minimum absolute atomic E-state index is 0.210. The van der Waals surface area contributed by atoms with E-state index in [9.17, 15) is 9.59 Å². The van der Waals surface area contributed by atoms with Crippen molar-refractivity contribution in [2.75, 3.05) is 0 Å². The Hall–Kier alpha value is -3.98. The molecule has 0 saturated heterocycles. The van der Waals surface area contributed by atoms with Crippen LogP contribution in [0.15, 0.2) is 146 Å². The van der Waals surface area contributed by atoms with Crippen LogP contribution in [0.4, 0.5) is 0 Å².